The number of rotatable bonds is 8. The van der Waals surface area contributed by atoms with Gasteiger partial charge in [0.05, 0.1) is 12.1 Å². The van der Waals surface area contributed by atoms with Gasteiger partial charge in [-0.15, -0.1) is 0 Å². The van der Waals surface area contributed by atoms with Crippen LogP contribution in [0.3, 0.4) is 0 Å². The number of hydrogen-bond donors (Lipinski definition) is 4. The lowest BCUT2D eigenvalue weighted by atomic mass is 10.1. The van der Waals surface area contributed by atoms with Crippen LogP contribution in [-0.2, 0) is 9.59 Å². The minimum atomic E-state index is -1.00. The Morgan fingerprint density at radius 3 is 2.56 bits per heavy atom. The van der Waals surface area contributed by atoms with Crippen LogP contribution in [0.4, 0.5) is 0 Å². The predicted octanol–water partition coefficient (Wildman–Crippen LogP) is -1.49. The van der Waals surface area contributed by atoms with E-state index < -0.39 is 24.1 Å². The van der Waals surface area contributed by atoms with Gasteiger partial charge in [-0.3, -0.25) is 4.79 Å². The molecule has 0 aromatic rings. The summed E-state index contributed by atoms with van der Waals surface area (Å²) >= 11 is 0. The number of unbranched alkanes of at least 4 members (excludes halogenated alkanes) is 1. The Morgan fingerprint density at radius 2 is 2.12 bits per heavy atom. The molecule has 94 valence electrons. The SMILES string of the molecule is C[C@@H](O)[C@H](N)C(=O)N[C@H](C=O)CCCCN. The average Bonchev–Trinajstić information content (AvgIpc) is 2.26. The first-order valence-corrected chi connectivity index (χ1v) is 5.42. The molecule has 0 bridgehead atoms. The number of aliphatic hydroxyl groups is 1. The van der Waals surface area contributed by atoms with E-state index in [1.807, 2.05) is 0 Å². The fourth-order valence-electron chi connectivity index (χ4n) is 1.18. The molecule has 0 fully saturated rings. The van der Waals surface area contributed by atoms with Crippen molar-refractivity contribution in [2.24, 2.45) is 11.5 Å². The second-order valence-electron chi connectivity index (χ2n) is 3.80. The molecule has 3 atom stereocenters. The molecule has 6 N–H and O–H groups in total. The number of carbonyl (C=O) groups excluding carboxylic acids is 2. The topological polar surface area (TPSA) is 118 Å². The third-order valence-corrected chi connectivity index (χ3v) is 2.28. The zero-order valence-corrected chi connectivity index (χ0v) is 9.56. The highest BCUT2D eigenvalue weighted by molar-refractivity contribution is 5.84. The normalized spacial score (nSPS) is 16.2. The summed E-state index contributed by atoms with van der Waals surface area (Å²) in [5.41, 5.74) is 10.7. The van der Waals surface area contributed by atoms with Gasteiger partial charge in [-0.25, -0.2) is 0 Å². The Morgan fingerprint density at radius 1 is 1.50 bits per heavy atom. The zero-order chi connectivity index (χ0) is 12.6. The van der Waals surface area contributed by atoms with Gasteiger partial charge in [0.15, 0.2) is 0 Å². The van der Waals surface area contributed by atoms with Crippen LogP contribution >= 0.6 is 0 Å². The number of nitrogens with one attached hydrogen (secondary N) is 1. The predicted molar refractivity (Wildman–Crippen MR) is 60.6 cm³/mol. The van der Waals surface area contributed by atoms with Crippen molar-refractivity contribution >= 4 is 12.2 Å². The smallest absolute Gasteiger partial charge is 0.240 e. The Hall–Kier alpha value is -0.980. The lowest BCUT2D eigenvalue weighted by Crippen LogP contribution is -2.50. The summed E-state index contributed by atoms with van der Waals surface area (Å²) in [5, 5.41) is 11.6. The van der Waals surface area contributed by atoms with Gasteiger partial charge in [0, 0.05) is 0 Å². The Labute approximate surface area is 95.4 Å². The van der Waals surface area contributed by atoms with Crippen molar-refractivity contribution in [2.75, 3.05) is 6.54 Å². The van der Waals surface area contributed by atoms with Crippen molar-refractivity contribution in [1.82, 2.24) is 5.32 Å². The second kappa shape index (κ2) is 8.20. The number of nitrogens with two attached hydrogens (primary N) is 2. The van der Waals surface area contributed by atoms with E-state index in [2.05, 4.69) is 5.32 Å². The summed E-state index contributed by atoms with van der Waals surface area (Å²) in [5.74, 6) is -0.514. The minimum Gasteiger partial charge on any atom is -0.391 e. The summed E-state index contributed by atoms with van der Waals surface area (Å²) in [6, 6.07) is -1.55. The van der Waals surface area contributed by atoms with Gasteiger partial charge in [0.25, 0.3) is 0 Å². The largest absolute Gasteiger partial charge is 0.391 e. The van der Waals surface area contributed by atoms with E-state index in [1.165, 1.54) is 6.92 Å². The van der Waals surface area contributed by atoms with Crippen LogP contribution in [0, 0.1) is 0 Å². The molecule has 0 rings (SSSR count). The fraction of sp³-hybridized carbons (Fsp3) is 0.800. The van der Waals surface area contributed by atoms with Crippen molar-refractivity contribution in [3.05, 3.63) is 0 Å². The van der Waals surface area contributed by atoms with Crippen LogP contribution in [0.15, 0.2) is 0 Å². The van der Waals surface area contributed by atoms with Crippen molar-refractivity contribution in [3.8, 4) is 0 Å². The number of carbonyl (C=O) groups is 2. The molecule has 1 amide bonds. The summed E-state index contributed by atoms with van der Waals surface area (Å²) < 4.78 is 0. The van der Waals surface area contributed by atoms with E-state index in [1.54, 1.807) is 0 Å². The highest BCUT2D eigenvalue weighted by atomic mass is 16.3. The maximum atomic E-state index is 11.4. The molecule has 0 radical (unpaired) electrons. The monoisotopic (exact) mass is 231 g/mol. The van der Waals surface area contributed by atoms with Crippen molar-refractivity contribution in [3.63, 3.8) is 0 Å². The van der Waals surface area contributed by atoms with Crippen molar-refractivity contribution in [1.29, 1.82) is 0 Å². The highest BCUT2D eigenvalue weighted by Crippen LogP contribution is 1.99. The molecule has 0 saturated heterocycles. The van der Waals surface area contributed by atoms with Gasteiger partial charge in [-0.2, -0.15) is 0 Å². The number of aliphatic hydroxyl groups excluding tert-OH is 1. The van der Waals surface area contributed by atoms with Crippen molar-refractivity contribution < 1.29 is 14.7 Å². The Bertz CT molecular complexity index is 221. The molecule has 0 aromatic heterocycles. The van der Waals surface area contributed by atoms with Gasteiger partial charge in [-0.1, -0.05) is 0 Å². The molecule has 0 aromatic carbocycles. The standard InChI is InChI=1S/C10H21N3O3/c1-7(15)9(12)10(16)13-8(6-14)4-2-3-5-11/h6-9,15H,2-5,11-12H2,1H3,(H,13,16)/t7-,8+,9+/m1/s1. The third kappa shape index (κ3) is 5.79. The van der Waals surface area contributed by atoms with Crippen LogP contribution in [-0.4, -0.2) is 42.0 Å². The number of amides is 1. The second-order valence-corrected chi connectivity index (χ2v) is 3.80. The molecular formula is C10H21N3O3. The molecule has 6 heteroatoms. The molecule has 0 spiro atoms. The molecule has 6 nitrogen and oxygen atoms in total. The molecule has 0 heterocycles. The van der Waals surface area contributed by atoms with Crippen LogP contribution in [0.2, 0.25) is 0 Å². The third-order valence-electron chi connectivity index (χ3n) is 2.28. The molecule has 0 aliphatic carbocycles. The van der Waals surface area contributed by atoms with E-state index in [0.717, 1.165) is 12.8 Å². The maximum absolute atomic E-state index is 11.4. The zero-order valence-electron chi connectivity index (χ0n) is 9.56. The van der Waals surface area contributed by atoms with Crippen LogP contribution in [0.25, 0.3) is 0 Å². The molecule has 16 heavy (non-hydrogen) atoms. The Balaban J connectivity index is 4.01. The molecule has 0 unspecified atom stereocenters. The molecule has 0 aliphatic rings. The van der Waals surface area contributed by atoms with E-state index in [4.69, 9.17) is 16.6 Å². The van der Waals surface area contributed by atoms with Gasteiger partial charge in [0.1, 0.15) is 12.3 Å². The average molecular weight is 231 g/mol. The molecule has 0 saturated carbocycles. The fourth-order valence-corrected chi connectivity index (χ4v) is 1.18. The maximum Gasteiger partial charge on any atom is 0.240 e. The molecular weight excluding hydrogens is 210 g/mol. The van der Waals surface area contributed by atoms with Crippen LogP contribution in [0.1, 0.15) is 26.2 Å². The van der Waals surface area contributed by atoms with Crippen LogP contribution < -0.4 is 16.8 Å². The van der Waals surface area contributed by atoms with Gasteiger partial charge in [-0.05, 0) is 32.7 Å². The highest BCUT2D eigenvalue weighted by Gasteiger charge is 2.21. The molecule has 0 aliphatic heterocycles. The first-order chi connectivity index (χ1) is 7.52. The van der Waals surface area contributed by atoms with E-state index in [0.29, 0.717) is 19.3 Å². The first-order valence-electron chi connectivity index (χ1n) is 5.42. The van der Waals surface area contributed by atoms with Gasteiger partial charge in [0.2, 0.25) is 5.91 Å². The first kappa shape index (κ1) is 15.0. The summed E-state index contributed by atoms with van der Waals surface area (Å²) in [4.78, 5) is 22.1. The van der Waals surface area contributed by atoms with Gasteiger partial charge >= 0.3 is 0 Å². The Kier molecular flexibility index (Phi) is 7.70. The number of aldehydes is 1. The quantitative estimate of drug-likeness (QED) is 0.300. The van der Waals surface area contributed by atoms with E-state index in [-0.39, 0.29) is 0 Å². The minimum absolute atomic E-state index is 0.514. The van der Waals surface area contributed by atoms with E-state index in [9.17, 15) is 9.59 Å². The van der Waals surface area contributed by atoms with Crippen molar-refractivity contribution in [2.45, 2.75) is 44.4 Å². The lowest BCUT2D eigenvalue weighted by molar-refractivity contribution is -0.127. The lowest BCUT2D eigenvalue weighted by Gasteiger charge is -2.18. The number of hydrogen-bond acceptors (Lipinski definition) is 5. The van der Waals surface area contributed by atoms with Crippen LogP contribution in [0.5, 0.6) is 0 Å². The summed E-state index contributed by atoms with van der Waals surface area (Å²) in [7, 11) is 0. The van der Waals surface area contributed by atoms with E-state index >= 15 is 0 Å². The summed E-state index contributed by atoms with van der Waals surface area (Å²) in [6.07, 6.45) is 1.85. The van der Waals surface area contributed by atoms with Gasteiger partial charge < -0.3 is 26.7 Å². The summed E-state index contributed by atoms with van der Waals surface area (Å²) in [6.45, 7) is 1.99.